The Bertz CT molecular complexity index is 357. The van der Waals surface area contributed by atoms with Crippen LogP contribution in [0.4, 0.5) is 0 Å². The third-order valence-electron chi connectivity index (χ3n) is 2.99. The van der Waals surface area contributed by atoms with Gasteiger partial charge in [0.25, 0.3) is 0 Å². The zero-order valence-corrected chi connectivity index (χ0v) is 14.5. The molecule has 0 bridgehead atoms. The number of nitrogens with zero attached hydrogens (tertiary/aromatic N) is 1. The van der Waals surface area contributed by atoms with Gasteiger partial charge in [0.1, 0.15) is 0 Å². The predicted octanol–water partition coefficient (Wildman–Crippen LogP) is 4.11. The van der Waals surface area contributed by atoms with Crippen LogP contribution in [0.25, 0.3) is 0 Å². The molecule has 0 radical (unpaired) electrons. The van der Waals surface area contributed by atoms with Crippen LogP contribution in [0.2, 0.25) is 0 Å². The highest BCUT2D eigenvalue weighted by molar-refractivity contribution is 9.10. The summed E-state index contributed by atoms with van der Waals surface area (Å²) in [5.74, 6) is 0. The molecular weight excluding hydrogens is 308 g/mol. The normalized spacial score (nSPS) is 14.2. The van der Waals surface area contributed by atoms with E-state index in [2.05, 4.69) is 72.3 Å². The van der Waals surface area contributed by atoms with E-state index in [0.29, 0.717) is 6.04 Å². The minimum Gasteiger partial charge on any atom is -0.311 e. The van der Waals surface area contributed by atoms with Crippen LogP contribution in [-0.4, -0.2) is 30.1 Å². The fraction of sp³-hybridized carbons (Fsp3) is 0.714. The van der Waals surface area contributed by atoms with Gasteiger partial charge < -0.3 is 5.32 Å². The monoisotopic (exact) mass is 332 g/mol. The van der Waals surface area contributed by atoms with Gasteiger partial charge in [-0.25, -0.2) is 0 Å². The minimum absolute atomic E-state index is 0.195. The smallest absolute Gasteiger partial charge is 0.0328 e. The van der Waals surface area contributed by atoms with Crippen molar-refractivity contribution in [2.75, 3.05) is 13.6 Å². The van der Waals surface area contributed by atoms with Crippen molar-refractivity contribution in [1.29, 1.82) is 0 Å². The van der Waals surface area contributed by atoms with Gasteiger partial charge in [0.05, 0.1) is 0 Å². The summed E-state index contributed by atoms with van der Waals surface area (Å²) < 4.78 is 1.19. The first-order valence-electron chi connectivity index (χ1n) is 6.50. The van der Waals surface area contributed by atoms with Crippen LogP contribution in [0, 0.1) is 0 Å². The summed E-state index contributed by atoms with van der Waals surface area (Å²) in [4.78, 5) is 3.86. The molecule has 18 heavy (non-hydrogen) atoms. The van der Waals surface area contributed by atoms with Crippen LogP contribution in [0.5, 0.6) is 0 Å². The fourth-order valence-electron chi connectivity index (χ4n) is 1.85. The zero-order valence-electron chi connectivity index (χ0n) is 12.1. The number of halogens is 1. The van der Waals surface area contributed by atoms with Crippen molar-refractivity contribution in [1.82, 2.24) is 10.2 Å². The van der Waals surface area contributed by atoms with Crippen LogP contribution in [-0.2, 0) is 6.54 Å². The summed E-state index contributed by atoms with van der Waals surface area (Å²) in [5.41, 5.74) is 0.195. The van der Waals surface area contributed by atoms with Gasteiger partial charge in [-0.05, 0) is 56.2 Å². The number of nitrogens with one attached hydrogen (secondary N) is 1. The number of hydrogen-bond acceptors (Lipinski definition) is 3. The number of likely N-dealkylation sites (N-methyl/N-ethyl adjacent to an activating group) is 1. The van der Waals surface area contributed by atoms with E-state index in [1.165, 1.54) is 15.8 Å². The van der Waals surface area contributed by atoms with Crippen molar-refractivity contribution in [2.24, 2.45) is 0 Å². The van der Waals surface area contributed by atoms with E-state index in [1.807, 2.05) is 11.3 Å². The number of hydrogen-bond donors (Lipinski definition) is 1. The van der Waals surface area contributed by atoms with E-state index in [0.717, 1.165) is 13.1 Å². The second-order valence-corrected chi connectivity index (χ2v) is 7.75. The molecule has 0 aromatic carbocycles. The lowest BCUT2D eigenvalue weighted by Gasteiger charge is -2.30. The molecule has 4 heteroatoms. The molecule has 0 aliphatic rings. The van der Waals surface area contributed by atoms with Crippen LogP contribution in [0.1, 0.15) is 39.0 Å². The molecule has 1 heterocycles. The van der Waals surface area contributed by atoms with E-state index in [-0.39, 0.29) is 5.54 Å². The molecular formula is C14H25BrN2S. The first-order valence-corrected chi connectivity index (χ1v) is 8.17. The molecule has 1 aromatic heterocycles. The summed E-state index contributed by atoms with van der Waals surface area (Å²) in [5, 5.41) is 5.75. The summed E-state index contributed by atoms with van der Waals surface area (Å²) in [6.07, 6.45) is 1.17. The zero-order chi connectivity index (χ0) is 13.8. The van der Waals surface area contributed by atoms with Crippen molar-refractivity contribution in [3.63, 3.8) is 0 Å². The summed E-state index contributed by atoms with van der Waals surface area (Å²) in [7, 11) is 2.21. The first-order chi connectivity index (χ1) is 8.31. The highest BCUT2D eigenvalue weighted by Crippen LogP contribution is 2.21. The van der Waals surface area contributed by atoms with Crippen LogP contribution in [0.3, 0.4) is 0 Å². The summed E-state index contributed by atoms with van der Waals surface area (Å²) in [6.45, 7) is 11.0. The van der Waals surface area contributed by atoms with Crippen molar-refractivity contribution in [3.05, 3.63) is 20.8 Å². The molecule has 0 aliphatic heterocycles. The van der Waals surface area contributed by atoms with Gasteiger partial charge in [-0.2, -0.15) is 0 Å². The number of rotatable bonds is 6. The van der Waals surface area contributed by atoms with Crippen molar-refractivity contribution in [2.45, 2.75) is 52.2 Å². The molecule has 2 nitrogen and oxygen atoms in total. The van der Waals surface area contributed by atoms with Gasteiger partial charge in [-0.1, -0.05) is 6.92 Å². The Hall–Kier alpha value is 0.1000. The molecule has 0 aliphatic carbocycles. The first kappa shape index (κ1) is 16.2. The molecule has 1 unspecified atom stereocenters. The van der Waals surface area contributed by atoms with E-state index in [4.69, 9.17) is 0 Å². The van der Waals surface area contributed by atoms with Gasteiger partial charge in [0.2, 0.25) is 0 Å². The molecule has 1 rings (SSSR count). The van der Waals surface area contributed by atoms with E-state index < -0.39 is 0 Å². The highest BCUT2D eigenvalue weighted by atomic mass is 79.9. The SMILES string of the molecule is CCC(CNC(C)(C)C)N(C)Cc1cc(Br)cs1. The van der Waals surface area contributed by atoms with Gasteiger partial charge >= 0.3 is 0 Å². The lowest BCUT2D eigenvalue weighted by atomic mass is 10.1. The van der Waals surface area contributed by atoms with Crippen LogP contribution < -0.4 is 5.32 Å². The third kappa shape index (κ3) is 5.83. The standard InChI is InChI=1S/C14H25BrN2S/c1-6-12(8-16-14(2,3)4)17(5)9-13-7-11(15)10-18-13/h7,10,12,16H,6,8-9H2,1-5H3. The van der Waals surface area contributed by atoms with Crippen LogP contribution in [0.15, 0.2) is 15.9 Å². The van der Waals surface area contributed by atoms with Gasteiger partial charge in [-0.3, -0.25) is 4.90 Å². The maximum atomic E-state index is 3.60. The van der Waals surface area contributed by atoms with E-state index >= 15 is 0 Å². The lowest BCUT2D eigenvalue weighted by molar-refractivity contribution is 0.210. The quantitative estimate of drug-likeness (QED) is 0.843. The van der Waals surface area contributed by atoms with Crippen molar-refractivity contribution < 1.29 is 0 Å². The highest BCUT2D eigenvalue weighted by Gasteiger charge is 2.17. The van der Waals surface area contributed by atoms with Gasteiger partial charge in [0.15, 0.2) is 0 Å². The molecule has 1 atom stereocenters. The Morgan fingerprint density at radius 2 is 2.11 bits per heavy atom. The molecule has 0 spiro atoms. The predicted molar refractivity (Wildman–Crippen MR) is 85.3 cm³/mol. The summed E-state index contributed by atoms with van der Waals surface area (Å²) >= 11 is 5.33. The Kier molecular flexibility index (Phi) is 6.31. The Morgan fingerprint density at radius 3 is 2.56 bits per heavy atom. The van der Waals surface area contributed by atoms with Gasteiger partial charge in [-0.15, -0.1) is 11.3 Å². The maximum Gasteiger partial charge on any atom is 0.0328 e. The molecule has 1 aromatic rings. The Balaban J connectivity index is 2.49. The molecule has 0 saturated heterocycles. The maximum absolute atomic E-state index is 3.60. The molecule has 0 amide bonds. The largest absolute Gasteiger partial charge is 0.311 e. The van der Waals surface area contributed by atoms with Crippen molar-refractivity contribution in [3.8, 4) is 0 Å². The van der Waals surface area contributed by atoms with Gasteiger partial charge in [0, 0.05) is 39.4 Å². The van der Waals surface area contributed by atoms with Crippen molar-refractivity contribution >= 4 is 27.3 Å². The lowest BCUT2D eigenvalue weighted by Crippen LogP contribution is -2.45. The topological polar surface area (TPSA) is 15.3 Å². The van der Waals surface area contributed by atoms with E-state index in [1.54, 1.807) is 0 Å². The Morgan fingerprint density at radius 1 is 1.44 bits per heavy atom. The molecule has 0 saturated carbocycles. The van der Waals surface area contributed by atoms with E-state index in [9.17, 15) is 0 Å². The molecule has 0 fully saturated rings. The molecule has 104 valence electrons. The fourth-order valence-corrected chi connectivity index (χ4v) is 3.36. The second kappa shape index (κ2) is 7.04. The Labute approximate surface area is 124 Å². The minimum atomic E-state index is 0.195. The third-order valence-corrected chi connectivity index (χ3v) is 4.67. The van der Waals surface area contributed by atoms with Crippen LogP contribution >= 0.6 is 27.3 Å². The molecule has 1 N–H and O–H groups in total. The average Bonchev–Trinajstić information content (AvgIpc) is 2.63. The summed E-state index contributed by atoms with van der Waals surface area (Å²) in [6, 6.07) is 2.80. The average molecular weight is 333 g/mol. The number of thiophene rings is 1. The second-order valence-electron chi connectivity index (χ2n) is 5.84.